The lowest BCUT2D eigenvalue weighted by Crippen LogP contribution is -2.34. The van der Waals surface area contributed by atoms with Crippen LogP contribution in [0.15, 0.2) is 0 Å². The summed E-state index contributed by atoms with van der Waals surface area (Å²) in [6.45, 7) is 4.62. The molecule has 0 unspecified atom stereocenters. The molecule has 0 fully saturated rings. The van der Waals surface area contributed by atoms with Gasteiger partial charge < -0.3 is 31.5 Å². The van der Waals surface area contributed by atoms with E-state index in [1.165, 1.54) is 38.5 Å². The van der Waals surface area contributed by atoms with Crippen LogP contribution in [-0.4, -0.2) is 75.8 Å². The van der Waals surface area contributed by atoms with Crippen molar-refractivity contribution in [1.82, 2.24) is 21.3 Å². The largest absolute Gasteiger partial charge is 0.390 e. The normalized spacial score (nSPS) is 14.2. The Morgan fingerprint density at radius 3 is 1.32 bits per heavy atom. The van der Waals surface area contributed by atoms with E-state index in [1.54, 1.807) is 0 Å². The quantitative estimate of drug-likeness (QED) is 0.206. The minimum absolute atomic E-state index is 0.288. The first-order chi connectivity index (χ1) is 10.7. The molecule has 0 radical (unpaired) electrons. The third-order valence-electron chi connectivity index (χ3n) is 3.60. The van der Waals surface area contributed by atoms with Crippen LogP contribution in [0.3, 0.4) is 0 Å². The van der Waals surface area contributed by atoms with Crippen molar-refractivity contribution >= 4 is 0 Å². The number of likely N-dealkylation sites (N-methyl/N-ethyl adjacent to an activating group) is 2. The summed E-state index contributed by atoms with van der Waals surface area (Å²) in [6.07, 6.45) is 6.86. The minimum atomic E-state index is -0.288. The second kappa shape index (κ2) is 17.1. The van der Waals surface area contributed by atoms with E-state index in [2.05, 4.69) is 21.3 Å². The fourth-order valence-electron chi connectivity index (χ4n) is 2.36. The van der Waals surface area contributed by atoms with E-state index in [9.17, 15) is 10.2 Å². The van der Waals surface area contributed by atoms with Gasteiger partial charge in [-0.2, -0.15) is 0 Å². The van der Waals surface area contributed by atoms with E-state index < -0.39 is 0 Å². The number of aliphatic hydroxyl groups is 2. The van der Waals surface area contributed by atoms with E-state index in [1.807, 2.05) is 14.1 Å². The minimum Gasteiger partial charge on any atom is -0.390 e. The molecule has 6 heteroatoms. The van der Waals surface area contributed by atoms with Crippen LogP contribution in [0, 0.1) is 0 Å². The van der Waals surface area contributed by atoms with Crippen molar-refractivity contribution in [1.29, 1.82) is 0 Å². The second-order valence-electron chi connectivity index (χ2n) is 5.95. The summed E-state index contributed by atoms with van der Waals surface area (Å²) in [5, 5.41) is 31.5. The molecule has 0 aliphatic heterocycles. The lowest BCUT2D eigenvalue weighted by Gasteiger charge is -2.11. The van der Waals surface area contributed by atoms with Crippen molar-refractivity contribution in [2.75, 3.05) is 53.4 Å². The highest BCUT2D eigenvalue weighted by Gasteiger charge is 2.01. The zero-order chi connectivity index (χ0) is 16.5. The molecule has 0 heterocycles. The van der Waals surface area contributed by atoms with Crippen molar-refractivity contribution in [3.05, 3.63) is 0 Å². The molecule has 0 rings (SSSR count). The van der Waals surface area contributed by atoms with E-state index in [-0.39, 0.29) is 12.2 Å². The number of nitrogens with one attached hydrogen (secondary N) is 4. The first-order valence-electron chi connectivity index (χ1n) is 8.77. The molecule has 0 aromatic carbocycles. The number of hydrogen-bond donors (Lipinski definition) is 6. The van der Waals surface area contributed by atoms with E-state index >= 15 is 0 Å². The molecule has 134 valence electrons. The first-order valence-corrected chi connectivity index (χ1v) is 8.77. The standard InChI is InChI=1S/C16H38N4O2/c1-17-11-15(21)13-19-9-7-5-3-4-6-8-10-20-14-16(22)12-18-2/h15-22H,3-14H2,1-2H3/t15-,16-/m1/s1. The van der Waals surface area contributed by atoms with Crippen LogP contribution in [0.5, 0.6) is 0 Å². The highest BCUT2D eigenvalue weighted by atomic mass is 16.3. The average molecular weight is 319 g/mol. The lowest BCUT2D eigenvalue weighted by atomic mass is 10.1. The topological polar surface area (TPSA) is 88.6 Å². The summed E-state index contributed by atoms with van der Waals surface area (Å²) in [5.74, 6) is 0. The van der Waals surface area contributed by atoms with E-state index in [4.69, 9.17) is 0 Å². The molecule has 0 aromatic heterocycles. The fraction of sp³-hybridized carbons (Fsp3) is 1.00. The molecule has 6 N–H and O–H groups in total. The predicted molar refractivity (Wildman–Crippen MR) is 93.3 cm³/mol. The Bertz CT molecular complexity index is 198. The Morgan fingerprint density at radius 1 is 0.591 bits per heavy atom. The van der Waals surface area contributed by atoms with Crippen LogP contribution in [0.1, 0.15) is 38.5 Å². The summed E-state index contributed by atoms with van der Waals surface area (Å²) < 4.78 is 0. The maximum absolute atomic E-state index is 9.51. The van der Waals surface area contributed by atoms with Crippen LogP contribution in [-0.2, 0) is 0 Å². The van der Waals surface area contributed by atoms with Crippen molar-refractivity contribution in [3.63, 3.8) is 0 Å². The zero-order valence-corrected chi connectivity index (χ0v) is 14.5. The van der Waals surface area contributed by atoms with Crippen molar-refractivity contribution in [2.24, 2.45) is 0 Å². The van der Waals surface area contributed by atoms with Gasteiger partial charge in [0.1, 0.15) is 0 Å². The maximum Gasteiger partial charge on any atom is 0.0788 e. The van der Waals surface area contributed by atoms with Gasteiger partial charge in [-0.25, -0.2) is 0 Å². The Morgan fingerprint density at radius 2 is 0.955 bits per heavy atom. The molecule has 0 saturated heterocycles. The predicted octanol–water partition coefficient (Wildman–Crippen LogP) is -0.333. The molecule has 0 aliphatic carbocycles. The molecule has 0 spiro atoms. The van der Waals surface area contributed by atoms with Gasteiger partial charge >= 0.3 is 0 Å². The van der Waals surface area contributed by atoms with Gasteiger partial charge in [0.2, 0.25) is 0 Å². The van der Waals surface area contributed by atoms with Gasteiger partial charge in [0.05, 0.1) is 12.2 Å². The number of rotatable bonds is 17. The highest BCUT2D eigenvalue weighted by Crippen LogP contribution is 2.04. The molecule has 22 heavy (non-hydrogen) atoms. The molecular weight excluding hydrogens is 280 g/mol. The van der Waals surface area contributed by atoms with Gasteiger partial charge in [0, 0.05) is 26.2 Å². The van der Waals surface area contributed by atoms with Crippen molar-refractivity contribution in [3.8, 4) is 0 Å². The highest BCUT2D eigenvalue weighted by molar-refractivity contribution is 4.62. The van der Waals surface area contributed by atoms with Gasteiger partial charge in [0.25, 0.3) is 0 Å². The third kappa shape index (κ3) is 16.1. The smallest absolute Gasteiger partial charge is 0.0788 e. The average Bonchev–Trinajstić information content (AvgIpc) is 2.49. The molecular formula is C16H38N4O2. The molecule has 0 bridgehead atoms. The molecule has 6 nitrogen and oxygen atoms in total. The SMILES string of the molecule is CNC[C@@H](O)CNCCCCCCCCNC[C@H](O)CNC. The molecule has 0 saturated carbocycles. The molecule has 0 amide bonds. The van der Waals surface area contributed by atoms with Crippen molar-refractivity contribution in [2.45, 2.75) is 50.7 Å². The Hall–Kier alpha value is -0.240. The van der Waals surface area contributed by atoms with Crippen LogP contribution in [0.2, 0.25) is 0 Å². The summed E-state index contributed by atoms with van der Waals surface area (Å²) in [7, 11) is 3.70. The van der Waals surface area contributed by atoms with Crippen LogP contribution >= 0.6 is 0 Å². The number of hydrogen-bond acceptors (Lipinski definition) is 6. The van der Waals surface area contributed by atoms with Gasteiger partial charge in [-0.1, -0.05) is 25.7 Å². The Kier molecular flexibility index (Phi) is 16.9. The van der Waals surface area contributed by atoms with E-state index in [0.29, 0.717) is 26.2 Å². The fourth-order valence-corrected chi connectivity index (χ4v) is 2.36. The summed E-state index contributed by atoms with van der Waals surface area (Å²) in [5.41, 5.74) is 0. The Labute approximate surface area is 136 Å². The zero-order valence-electron chi connectivity index (χ0n) is 14.5. The molecule has 0 aliphatic rings. The monoisotopic (exact) mass is 318 g/mol. The first kappa shape index (κ1) is 21.8. The van der Waals surface area contributed by atoms with Gasteiger partial charge in [-0.05, 0) is 40.0 Å². The van der Waals surface area contributed by atoms with Crippen LogP contribution < -0.4 is 21.3 Å². The number of unbranched alkanes of at least 4 members (excludes halogenated alkanes) is 5. The van der Waals surface area contributed by atoms with Crippen molar-refractivity contribution < 1.29 is 10.2 Å². The summed E-state index contributed by atoms with van der Waals surface area (Å²) >= 11 is 0. The van der Waals surface area contributed by atoms with Gasteiger partial charge in [0.15, 0.2) is 0 Å². The maximum atomic E-state index is 9.51. The lowest BCUT2D eigenvalue weighted by molar-refractivity contribution is 0.171. The molecule has 2 atom stereocenters. The second-order valence-corrected chi connectivity index (χ2v) is 5.95. The van der Waals surface area contributed by atoms with Gasteiger partial charge in [-0.15, -0.1) is 0 Å². The van der Waals surface area contributed by atoms with Crippen LogP contribution in [0.25, 0.3) is 0 Å². The van der Waals surface area contributed by atoms with Crippen LogP contribution in [0.4, 0.5) is 0 Å². The van der Waals surface area contributed by atoms with E-state index in [0.717, 1.165) is 13.1 Å². The number of aliphatic hydroxyl groups excluding tert-OH is 2. The van der Waals surface area contributed by atoms with Gasteiger partial charge in [-0.3, -0.25) is 0 Å². The summed E-state index contributed by atoms with van der Waals surface area (Å²) in [4.78, 5) is 0. The Balaban J connectivity index is 3.08. The summed E-state index contributed by atoms with van der Waals surface area (Å²) in [6, 6.07) is 0. The third-order valence-corrected chi connectivity index (χ3v) is 3.60. The molecule has 0 aromatic rings.